The normalized spacial score (nSPS) is 23.0. The molecule has 0 atom stereocenters. The lowest BCUT2D eigenvalue weighted by Gasteiger charge is -2.35. The first-order valence-electron chi connectivity index (χ1n) is 6.25. The predicted octanol–water partition coefficient (Wildman–Crippen LogP) is 0.810. The summed E-state index contributed by atoms with van der Waals surface area (Å²) >= 11 is 0. The second-order valence-corrected chi connectivity index (χ2v) is 4.84. The maximum atomic E-state index is 5.97. The average molecular weight is 247 g/mol. The van der Waals surface area contributed by atoms with Crippen molar-refractivity contribution < 1.29 is 4.74 Å². The molecule has 0 spiro atoms. The Bertz CT molecular complexity index is 546. The SMILES string of the molecule is CNCC1CC(Oc2cc(C)nc3ncnn23)C1. The molecule has 2 aromatic heterocycles. The molecule has 1 saturated carbocycles. The van der Waals surface area contributed by atoms with Gasteiger partial charge in [0, 0.05) is 11.8 Å². The molecule has 1 N–H and O–H groups in total. The number of hydrogen-bond donors (Lipinski definition) is 1. The zero-order chi connectivity index (χ0) is 12.5. The molecule has 6 nitrogen and oxygen atoms in total. The Balaban J connectivity index is 1.73. The van der Waals surface area contributed by atoms with Crippen molar-refractivity contribution in [2.45, 2.75) is 25.9 Å². The van der Waals surface area contributed by atoms with Crippen LogP contribution in [0.5, 0.6) is 5.88 Å². The van der Waals surface area contributed by atoms with E-state index in [1.54, 1.807) is 4.52 Å². The Hall–Kier alpha value is -1.69. The van der Waals surface area contributed by atoms with Gasteiger partial charge in [-0.3, -0.25) is 0 Å². The minimum atomic E-state index is 0.289. The quantitative estimate of drug-likeness (QED) is 0.866. The van der Waals surface area contributed by atoms with Crippen molar-refractivity contribution in [3.05, 3.63) is 18.1 Å². The summed E-state index contributed by atoms with van der Waals surface area (Å²) in [6.45, 7) is 3.00. The first-order valence-corrected chi connectivity index (χ1v) is 6.25. The fourth-order valence-electron chi connectivity index (χ4n) is 2.38. The summed E-state index contributed by atoms with van der Waals surface area (Å²) in [6, 6.07) is 1.91. The first-order chi connectivity index (χ1) is 8.76. The number of fused-ring (bicyclic) bond motifs is 1. The Kier molecular flexibility index (Phi) is 2.87. The summed E-state index contributed by atoms with van der Waals surface area (Å²) in [5, 5.41) is 7.33. The zero-order valence-corrected chi connectivity index (χ0v) is 10.6. The molecular weight excluding hydrogens is 230 g/mol. The van der Waals surface area contributed by atoms with Gasteiger partial charge in [0.25, 0.3) is 5.78 Å². The van der Waals surface area contributed by atoms with Gasteiger partial charge in [-0.25, -0.2) is 4.98 Å². The van der Waals surface area contributed by atoms with Crippen LogP contribution in [0.1, 0.15) is 18.5 Å². The summed E-state index contributed by atoms with van der Waals surface area (Å²) in [5.74, 6) is 2.06. The van der Waals surface area contributed by atoms with Crippen molar-refractivity contribution >= 4 is 5.78 Å². The van der Waals surface area contributed by atoms with E-state index in [4.69, 9.17) is 4.74 Å². The molecule has 18 heavy (non-hydrogen) atoms. The van der Waals surface area contributed by atoms with Gasteiger partial charge in [-0.1, -0.05) is 0 Å². The smallest absolute Gasteiger partial charge is 0.255 e. The van der Waals surface area contributed by atoms with Gasteiger partial charge in [-0.15, -0.1) is 0 Å². The topological polar surface area (TPSA) is 64.3 Å². The highest BCUT2D eigenvalue weighted by Gasteiger charge is 2.30. The molecule has 2 heterocycles. The van der Waals surface area contributed by atoms with Crippen LogP contribution in [0, 0.1) is 12.8 Å². The second kappa shape index (κ2) is 4.53. The van der Waals surface area contributed by atoms with Crippen LogP contribution in [0.3, 0.4) is 0 Å². The Morgan fingerprint density at radius 2 is 2.33 bits per heavy atom. The minimum absolute atomic E-state index is 0.289. The van der Waals surface area contributed by atoms with E-state index >= 15 is 0 Å². The van der Waals surface area contributed by atoms with Crippen LogP contribution in [0.25, 0.3) is 5.78 Å². The summed E-state index contributed by atoms with van der Waals surface area (Å²) in [4.78, 5) is 8.38. The molecule has 1 aliphatic carbocycles. The fourth-order valence-corrected chi connectivity index (χ4v) is 2.38. The number of rotatable bonds is 4. The summed E-state index contributed by atoms with van der Waals surface area (Å²) in [7, 11) is 1.99. The Labute approximate surface area is 105 Å². The summed E-state index contributed by atoms with van der Waals surface area (Å²) in [5.41, 5.74) is 0.900. The summed E-state index contributed by atoms with van der Waals surface area (Å²) < 4.78 is 7.62. The van der Waals surface area contributed by atoms with E-state index in [2.05, 4.69) is 20.4 Å². The van der Waals surface area contributed by atoms with Crippen molar-refractivity contribution in [1.82, 2.24) is 24.9 Å². The molecule has 0 aromatic carbocycles. The molecule has 0 saturated heterocycles. The number of aromatic nitrogens is 4. The molecule has 0 unspecified atom stereocenters. The lowest BCUT2D eigenvalue weighted by atomic mass is 9.82. The van der Waals surface area contributed by atoms with Crippen LogP contribution in [0.4, 0.5) is 0 Å². The molecule has 1 aliphatic rings. The van der Waals surface area contributed by atoms with Crippen LogP contribution >= 0.6 is 0 Å². The number of nitrogens with one attached hydrogen (secondary N) is 1. The van der Waals surface area contributed by atoms with E-state index in [9.17, 15) is 0 Å². The van der Waals surface area contributed by atoms with E-state index in [0.717, 1.165) is 36.9 Å². The molecule has 2 aromatic rings. The third-order valence-electron chi connectivity index (χ3n) is 3.32. The maximum Gasteiger partial charge on any atom is 0.255 e. The van der Waals surface area contributed by atoms with Crippen molar-refractivity contribution in [1.29, 1.82) is 0 Å². The third-order valence-corrected chi connectivity index (χ3v) is 3.32. The lowest BCUT2D eigenvalue weighted by molar-refractivity contribution is 0.0594. The van der Waals surface area contributed by atoms with Gasteiger partial charge in [0.2, 0.25) is 5.88 Å². The minimum Gasteiger partial charge on any atom is -0.474 e. The van der Waals surface area contributed by atoms with Crippen molar-refractivity contribution in [2.24, 2.45) is 5.92 Å². The van der Waals surface area contributed by atoms with Crippen LogP contribution in [-0.2, 0) is 0 Å². The molecule has 6 heteroatoms. The largest absolute Gasteiger partial charge is 0.474 e. The van der Waals surface area contributed by atoms with Crippen molar-refractivity contribution in [2.75, 3.05) is 13.6 Å². The van der Waals surface area contributed by atoms with E-state index < -0.39 is 0 Å². The molecule has 3 rings (SSSR count). The molecule has 0 bridgehead atoms. The first kappa shape index (κ1) is 11.4. The van der Waals surface area contributed by atoms with Gasteiger partial charge >= 0.3 is 0 Å². The van der Waals surface area contributed by atoms with Crippen molar-refractivity contribution in [3.8, 4) is 5.88 Å². The van der Waals surface area contributed by atoms with Gasteiger partial charge < -0.3 is 10.1 Å². The zero-order valence-electron chi connectivity index (χ0n) is 10.6. The van der Waals surface area contributed by atoms with E-state index in [0.29, 0.717) is 5.78 Å². The Morgan fingerprint density at radius 1 is 1.50 bits per heavy atom. The van der Waals surface area contributed by atoms with Gasteiger partial charge in [-0.05, 0) is 39.3 Å². The van der Waals surface area contributed by atoms with Gasteiger partial charge in [0.05, 0.1) is 0 Å². The monoisotopic (exact) mass is 247 g/mol. The van der Waals surface area contributed by atoms with Crippen LogP contribution < -0.4 is 10.1 Å². The maximum absolute atomic E-state index is 5.97. The fraction of sp³-hybridized carbons (Fsp3) is 0.583. The van der Waals surface area contributed by atoms with Gasteiger partial charge in [0.1, 0.15) is 12.4 Å². The van der Waals surface area contributed by atoms with Crippen LogP contribution in [0.15, 0.2) is 12.4 Å². The third kappa shape index (κ3) is 2.03. The van der Waals surface area contributed by atoms with E-state index in [1.165, 1.54) is 6.33 Å². The molecule has 0 amide bonds. The standard InChI is InChI=1S/C12H17N5O/c1-8-3-11(17-12(16-8)14-7-15-17)18-10-4-9(5-10)6-13-2/h3,7,9-10,13H,4-6H2,1-2H3. The summed E-state index contributed by atoms with van der Waals surface area (Å²) in [6.07, 6.45) is 3.98. The van der Waals surface area contributed by atoms with Crippen LogP contribution in [-0.4, -0.2) is 39.3 Å². The Morgan fingerprint density at radius 3 is 3.11 bits per heavy atom. The highest BCUT2D eigenvalue weighted by Crippen LogP contribution is 2.30. The van der Waals surface area contributed by atoms with Crippen molar-refractivity contribution in [3.63, 3.8) is 0 Å². The molecular formula is C12H17N5O. The molecule has 1 fully saturated rings. The molecule has 0 radical (unpaired) electrons. The number of hydrogen-bond acceptors (Lipinski definition) is 5. The van der Waals surface area contributed by atoms with E-state index in [-0.39, 0.29) is 6.10 Å². The van der Waals surface area contributed by atoms with Crippen LogP contribution in [0.2, 0.25) is 0 Å². The molecule has 0 aliphatic heterocycles. The highest BCUT2D eigenvalue weighted by atomic mass is 16.5. The van der Waals surface area contributed by atoms with Gasteiger partial charge in [0.15, 0.2) is 0 Å². The lowest BCUT2D eigenvalue weighted by Crippen LogP contribution is -2.39. The number of aryl methyl sites for hydroxylation is 1. The second-order valence-electron chi connectivity index (χ2n) is 4.84. The number of nitrogens with zero attached hydrogens (tertiary/aromatic N) is 4. The number of ether oxygens (including phenoxy) is 1. The predicted molar refractivity (Wildman–Crippen MR) is 66.6 cm³/mol. The van der Waals surface area contributed by atoms with E-state index in [1.807, 2.05) is 20.0 Å². The highest BCUT2D eigenvalue weighted by molar-refractivity contribution is 5.32. The van der Waals surface area contributed by atoms with Gasteiger partial charge in [-0.2, -0.15) is 14.6 Å². The molecule has 96 valence electrons. The average Bonchev–Trinajstić information content (AvgIpc) is 2.74.